The van der Waals surface area contributed by atoms with Crippen molar-refractivity contribution in [3.05, 3.63) is 0 Å². The van der Waals surface area contributed by atoms with Crippen LogP contribution in [0.4, 0.5) is 0 Å². The van der Waals surface area contributed by atoms with Gasteiger partial charge >= 0.3 is 0 Å². The van der Waals surface area contributed by atoms with Crippen LogP contribution in [0.25, 0.3) is 0 Å². The molecule has 0 radical (unpaired) electrons. The summed E-state index contributed by atoms with van der Waals surface area (Å²) in [5.41, 5.74) is 0. The molecule has 1 saturated carbocycles. The van der Waals surface area contributed by atoms with Gasteiger partial charge in [-0.05, 0) is 25.2 Å². The van der Waals surface area contributed by atoms with E-state index in [1.165, 1.54) is 32.1 Å². The van der Waals surface area contributed by atoms with Crippen molar-refractivity contribution in [3.63, 3.8) is 0 Å². The van der Waals surface area contributed by atoms with Gasteiger partial charge in [0.15, 0.2) is 0 Å². The molecular weight excluding hydrogens is 176 g/mol. The molecule has 0 saturated heterocycles. The Hall–Kier alpha value is -0.0800. The molecule has 1 aliphatic carbocycles. The van der Waals surface area contributed by atoms with E-state index in [4.69, 9.17) is 4.74 Å². The van der Waals surface area contributed by atoms with Crippen LogP contribution in [-0.2, 0) is 4.74 Å². The molecule has 0 aromatic carbocycles. The van der Waals surface area contributed by atoms with E-state index in [1.54, 1.807) is 0 Å². The summed E-state index contributed by atoms with van der Waals surface area (Å²) in [6.07, 6.45) is 8.43. The Morgan fingerprint density at radius 1 is 1.29 bits per heavy atom. The summed E-state index contributed by atoms with van der Waals surface area (Å²) in [6, 6.07) is 0. The average molecular weight is 200 g/mol. The monoisotopic (exact) mass is 200 g/mol. The van der Waals surface area contributed by atoms with E-state index in [2.05, 4.69) is 6.92 Å². The fourth-order valence-corrected chi connectivity index (χ4v) is 2.14. The van der Waals surface area contributed by atoms with Crippen molar-refractivity contribution in [1.29, 1.82) is 0 Å². The van der Waals surface area contributed by atoms with Gasteiger partial charge in [0.05, 0.1) is 12.7 Å². The number of aliphatic hydroxyl groups is 1. The van der Waals surface area contributed by atoms with Crippen LogP contribution < -0.4 is 0 Å². The standard InChI is InChI=1S/C12H24O2/c1-2-6-12(13)10-14-9-11-7-4-3-5-8-11/h11-13H,2-10H2,1H3. The van der Waals surface area contributed by atoms with Gasteiger partial charge in [-0.2, -0.15) is 0 Å². The van der Waals surface area contributed by atoms with Gasteiger partial charge in [-0.15, -0.1) is 0 Å². The van der Waals surface area contributed by atoms with Crippen molar-refractivity contribution < 1.29 is 9.84 Å². The number of aliphatic hydroxyl groups excluding tert-OH is 1. The lowest BCUT2D eigenvalue weighted by Crippen LogP contribution is -2.19. The lowest BCUT2D eigenvalue weighted by atomic mass is 9.90. The molecule has 0 aromatic rings. The highest BCUT2D eigenvalue weighted by molar-refractivity contribution is 4.65. The number of hydrogen-bond acceptors (Lipinski definition) is 2. The van der Waals surface area contributed by atoms with Crippen LogP contribution in [0.5, 0.6) is 0 Å². The second-order valence-corrected chi connectivity index (χ2v) is 4.48. The number of rotatable bonds is 6. The van der Waals surface area contributed by atoms with E-state index in [9.17, 15) is 5.11 Å². The fraction of sp³-hybridized carbons (Fsp3) is 1.00. The minimum atomic E-state index is -0.247. The van der Waals surface area contributed by atoms with Crippen molar-refractivity contribution in [3.8, 4) is 0 Å². The first-order valence-electron chi connectivity index (χ1n) is 6.08. The third-order valence-electron chi connectivity index (χ3n) is 3.01. The summed E-state index contributed by atoms with van der Waals surface area (Å²) in [6.45, 7) is 3.48. The maximum atomic E-state index is 9.45. The van der Waals surface area contributed by atoms with Crippen LogP contribution in [0.3, 0.4) is 0 Å². The van der Waals surface area contributed by atoms with Crippen molar-refractivity contribution in [2.75, 3.05) is 13.2 Å². The summed E-state index contributed by atoms with van der Waals surface area (Å²) in [7, 11) is 0. The molecule has 1 N–H and O–H groups in total. The Kier molecular flexibility index (Phi) is 6.20. The molecule has 1 atom stereocenters. The Balaban J connectivity index is 1.96. The summed E-state index contributed by atoms with van der Waals surface area (Å²) < 4.78 is 5.54. The van der Waals surface area contributed by atoms with Crippen LogP contribution in [0, 0.1) is 5.92 Å². The molecule has 2 heteroatoms. The van der Waals surface area contributed by atoms with Gasteiger partial charge in [0, 0.05) is 6.61 Å². The van der Waals surface area contributed by atoms with Crippen LogP contribution >= 0.6 is 0 Å². The molecule has 1 fully saturated rings. The van der Waals surface area contributed by atoms with E-state index >= 15 is 0 Å². The van der Waals surface area contributed by atoms with Crippen molar-refractivity contribution in [2.45, 2.75) is 58.0 Å². The average Bonchev–Trinajstić information content (AvgIpc) is 2.20. The first kappa shape index (κ1) is 12.0. The minimum absolute atomic E-state index is 0.247. The fourth-order valence-electron chi connectivity index (χ4n) is 2.14. The molecule has 0 bridgehead atoms. The molecule has 0 aromatic heterocycles. The van der Waals surface area contributed by atoms with E-state index in [0.29, 0.717) is 6.61 Å². The molecule has 14 heavy (non-hydrogen) atoms. The highest BCUT2D eigenvalue weighted by atomic mass is 16.5. The Morgan fingerprint density at radius 2 is 2.00 bits per heavy atom. The lowest BCUT2D eigenvalue weighted by Gasteiger charge is -2.21. The maximum absolute atomic E-state index is 9.45. The molecule has 0 spiro atoms. The third-order valence-corrected chi connectivity index (χ3v) is 3.01. The zero-order valence-corrected chi connectivity index (χ0v) is 9.37. The zero-order valence-electron chi connectivity index (χ0n) is 9.37. The predicted octanol–water partition coefficient (Wildman–Crippen LogP) is 2.74. The number of hydrogen-bond donors (Lipinski definition) is 1. The van der Waals surface area contributed by atoms with E-state index < -0.39 is 0 Å². The van der Waals surface area contributed by atoms with Crippen LogP contribution in [0.2, 0.25) is 0 Å². The number of ether oxygens (including phenoxy) is 1. The summed E-state index contributed by atoms with van der Waals surface area (Å²) in [5.74, 6) is 0.762. The van der Waals surface area contributed by atoms with E-state index in [1.807, 2.05) is 0 Å². The van der Waals surface area contributed by atoms with Gasteiger partial charge in [0.2, 0.25) is 0 Å². The second kappa shape index (κ2) is 7.24. The maximum Gasteiger partial charge on any atom is 0.0773 e. The first-order valence-corrected chi connectivity index (χ1v) is 6.08. The van der Waals surface area contributed by atoms with Crippen molar-refractivity contribution in [2.24, 2.45) is 5.92 Å². The topological polar surface area (TPSA) is 29.5 Å². The highest BCUT2D eigenvalue weighted by Crippen LogP contribution is 2.23. The van der Waals surface area contributed by atoms with Crippen LogP contribution in [0.1, 0.15) is 51.9 Å². The Morgan fingerprint density at radius 3 is 2.64 bits per heavy atom. The molecule has 1 aliphatic rings. The second-order valence-electron chi connectivity index (χ2n) is 4.48. The molecule has 2 nitrogen and oxygen atoms in total. The summed E-state index contributed by atoms with van der Waals surface area (Å²) in [5, 5.41) is 9.45. The summed E-state index contributed by atoms with van der Waals surface area (Å²) in [4.78, 5) is 0. The van der Waals surface area contributed by atoms with Crippen molar-refractivity contribution >= 4 is 0 Å². The first-order chi connectivity index (χ1) is 6.83. The smallest absolute Gasteiger partial charge is 0.0773 e. The quantitative estimate of drug-likeness (QED) is 0.714. The normalized spacial score (nSPS) is 21.0. The van der Waals surface area contributed by atoms with Gasteiger partial charge < -0.3 is 9.84 Å². The largest absolute Gasteiger partial charge is 0.391 e. The zero-order chi connectivity index (χ0) is 10.2. The van der Waals surface area contributed by atoms with E-state index in [0.717, 1.165) is 25.4 Å². The molecule has 0 amide bonds. The highest BCUT2D eigenvalue weighted by Gasteiger charge is 2.13. The van der Waals surface area contributed by atoms with Gasteiger partial charge in [-0.25, -0.2) is 0 Å². The lowest BCUT2D eigenvalue weighted by molar-refractivity contribution is 0.0120. The Bertz CT molecular complexity index is 130. The molecule has 0 aliphatic heterocycles. The summed E-state index contributed by atoms with van der Waals surface area (Å²) >= 11 is 0. The van der Waals surface area contributed by atoms with Gasteiger partial charge in [-0.3, -0.25) is 0 Å². The van der Waals surface area contributed by atoms with Crippen molar-refractivity contribution in [1.82, 2.24) is 0 Å². The van der Waals surface area contributed by atoms with Crippen LogP contribution in [0.15, 0.2) is 0 Å². The minimum Gasteiger partial charge on any atom is -0.391 e. The third kappa shape index (κ3) is 4.97. The predicted molar refractivity (Wildman–Crippen MR) is 58.3 cm³/mol. The van der Waals surface area contributed by atoms with Gasteiger partial charge in [-0.1, -0.05) is 32.6 Å². The Labute approximate surface area is 87.7 Å². The van der Waals surface area contributed by atoms with Gasteiger partial charge in [0.25, 0.3) is 0 Å². The molecule has 1 rings (SSSR count). The van der Waals surface area contributed by atoms with Crippen LogP contribution in [-0.4, -0.2) is 24.4 Å². The van der Waals surface area contributed by atoms with E-state index in [-0.39, 0.29) is 6.10 Å². The molecule has 1 unspecified atom stereocenters. The molecule has 84 valence electrons. The SMILES string of the molecule is CCCC(O)COCC1CCCCC1. The van der Waals surface area contributed by atoms with Gasteiger partial charge in [0.1, 0.15) is 0 Å². The molecule has 0 heterocycles. The molecular formula is C12H24O2.